The first-order valence-electron chi connectivity index (χ1n) is 3.02. The highest BCUT2D eigenvalue weighted by molar-refractivity contribution is 5.85. The van der Waals surface area contributed by atoms with Gasteiger partial charge in [-0.15, -0.1) is 12.4 Å². The zero-order valence-corrected chi connectivity index (χ0v) is 7.17. The van der Waals surface area contributed by atoms with Crippen LogP contribution < -0.4 is 5.32 Å². The number of nitro groups is 1. The van der Waals surface area contributed by atoms with Crippen molar-refractivity contribution in [3.8, 4) is 0 Å². The standard InChI is InChI=1S/C6H7N3O2.ClH/c1-7-6-4-5(9(10)11)2-3-8-6;/h2-4H,1H3,(H,7,8);1H. The van der Waals surface area contributed by atoms with Crippen LogP contribution in [0.4, 0.5) is 11.5 Å². The molecule has 66 valence electrons. The van der Waals surface area contributed by atoms with Gasteiger partial charge in [-0.25, -0.2) is 4.98 Å². The summed E-state index contributed by atoms with van der Waals surface area (Å²) in [7, 11) is 1.66. The highest BCUT2D eigenvalue weighted by atomic mass is 35.5. The summed E-state index contributed by atoms with van der Waals surface area (Å²) in [5.41, 5.74) is 0.0457. The Morgan fingerprint density at radius 2 is 2.33 bits per heavy atom. The van der Waals surface area contributed by atoms with Crippen molar-refractivity contribution in [2.75, 3.05) is 12.4 Å². The minimum Gasteiger partial charge on any atom is -0.373 e. The van der Waals surface area contributed by atoms with Gasteiger partial charge in [-0.1, -0.05) is 0 Å². The average molecular weight is 190 g/mol. The van der Waals surface area contributed by atoms with Crippen LogP contribution in [0.15, 0.2) is 18.3 Å². The Morgan fingerprint density at radius 1 is 1.67 bits per heavy atom. The Bertz CT molecular complexity index is 279. The molecule has 0 atom stereocenters. The third kappa shape index (κ3) is 2.35. The zero-order valence-electron chi connectivity index (χ0n) is 6.35. The number of aromatic nitrogens is 1. The van der Waals surface area contributed by atoms with Crippen LogP contribution in [0.1, 0.15) is 0 Å². The van der Waals surface area contributed by atoms with E-state index < -0.39 is 4.92 Å². The molecule has 0 saturated carbocycles. The van der Waals surface area contributed by atoms with E-state index in [-0.39, 0.29) is 18.1 Å². The van der Waals surface area contributed by atoms with Crippen LogP contribution in [0.25, 0.3) is 0 Å². The second-order valence-corrected chi connectivity index (χ2v) is 1.91. The fourth-order valence-electron chi connectivity index (χ4n) is 0.670. The third-order valence-electron chi connectivity index (χ3n) is 1.21. The molecule has 0 saturated heterocycles. The lowest BCUT2D eigenvalue weighted by Crippen LogP contribution is -1.94. The Labute approximate surface area is 75.4 Å². The molecule has 0 amide bonds. The van der Waals surface area contributed by atoms with Crippen molar-refractivity contribution >= 4 is 23.9 Å². The number of nitrogens with one attached hydrogen (secondary N) is 1. The summed E-state index contributed by atoms with van der Waals surface area (Å²) >= 11 is 0. The molecule has 0 radical (unpaired) electrons. The Morgan fingerprint density at radius 3 is 2.83 bits per heavy atom. The van der Waals surface area contributed by atoms with E-state index in [9.17, 15) is 10.1 Å². The molecule has 0 aliphatic heterocycles. The lowest BCUT2D eigenvalue weighted by Gasteiger charge is -1.95. The van der Waals surface area contributed by atoms with Crippen LogP contribution in [0.3, 0.4) is 0 Å². The number of anilines is 1. The van der Waals surface area contributed by atoms with E-state index in [4.69, 9.17) is 0 Å². The number of rotatable bonds is 2. The number of pyridine rings is 1. The van der Waals surface area contributed by atoms with Crippen LogP contribution in [0.5, 0.6) is 0 Å². The van der Waals surface area contributed by atoms with Crippen LogP contribution in [0.2, 0.25) is 0 Å². The monoisotopic (exact) mass is 189 g/mol. The maximum absolute atomic E-state index is 10.2. The summed E-state index contributed by atoms with van der Waals surface area (Å²) in [6, 6.07) is 2.72. The van der Waals surface area contributed by atoms with E-state index in [0.29, 0.717) is 5.82 Å². The van der Waals surface area contributed by atoms with E-state index in [1.54, 1.807) is 7.05 Å². The molecule has 0 aliphatic carbocycles. The van der Waals surface area contributed by atoms with Gasteiger partial charge in [0.1, 0.15) is 5.82 Å². The predicted molar refractivity (Wildman–Crippen MR) is 47.7 cm³/mol. The van der Waals surface area contributed by atoms with Gasteiger partial charge in [-0.05, 0) is 0 Å². The minimum absolute atomic E-state index is 0. The maximum Gasteiger partial charge on any atom is 0.274 e. The summed E-state index contributed by atoms with van der Waals surface area (Å²) in [6.07, 6.45) is 1.39. The molecule has 0 unspecified atom stereocenters. The number of hydrogen-bond donors (Lipinski definition) is 1. The van der Waals surface area contributed by atoms with Crippen molar-refractivity contribution in [1.82, 2.24) is 4.98 Å². The topological polar surface area (TPSA) is 68.1 Å². The highest BCUT2D eigenvalue weighted by Gasteiger charge is 2.04. The maximum atomic E-state index is 10.2. The van der Waals surface area contributed by atoms with E-state index in [1.165, 1.54) is 18.3 Å². The van der Waals surface area contributed by atoms with Gasteiger partial charge in [0.25, 0.3) is 5.69 Å². The lowest BCUT2D eigenvalue weighted by molar-refractivity contribution is -0.384. The summed E-state index contributed by atoms with van der Waals surface area (Å²) in [5, 5.41) is 12.9. The molecule has 0 spiro atoms. The van der Waals surface area contributed by atoms with Gasteiger partial charge >= 0.3 is 0 Å². The van der Waals surface area contributed by atoms with Gasteiger partial charge in [-0.3, -0.25) is 10.1 Å². The normalized spacial score (nSPS) is 8.42. The van der Waals surface area contributed by atoms with Gasteiger partial charge in [-0.2, -0.15) is 0 Å². The molecule has 1 N–H and O–H groups in total. The van der Waals surface area contributed by atoms with E-state index >= 15 is 0 Å². The number of hydrogen-bond acceptors (Lipinski definition) is 4. The van der Waals surface area contributed by atoms with Crippen molar-refractivity contribution in [2.24, 2.45) is 0 Å². The fraction of sp³-hybridized carbons (Fsp3) is 0.167. The minimum atomic E-state index is -0.456. The largest absolute Gasteiger partial charge is 0.373 e. The van der Waals surface area contributed by atoms with E-state index in [0.717, 1.165) is 0 Å². The molecule has 0 aliphatic rings. The lowest BCUT2D eigenvalue weighted by atomic mass is 10.4. The Balaban J connectivity index is 0.00000121. The van der Waals surface area contributed by atoms with Crippen LogP contribution in [0, 0.1) is 10.1 Å². The summed E-state index contributed by atoms with van der Waals surface area (Å²) in [6.45, 7) is 0. The van der Waals surface area contributed by atoms with Crippen LogP contribution >= 0.6 is 12.4 Å². The first-order chi connectivity index (χ1) is 5.24. The van der Waals surface area contributed by atoms with Gasteiger partial charge < -0.3 is 5.32 Å². The second-order valence-electron chi connectivity index (χ2n) is 1.91. The Kier molecular flexibility index (Phi) is 3.99. The molecular weight excluding hydrogens is 182 g/mol. The van der Waals surface area contributed by atoms with Crippen molar-refractivity contribution in [3.63, 3.8) is 0 Å². The van der Waals surface area contributed by atoms with Gasteiger partial charge in [0.05, 0.1) is 11.0 Å². The van der Waals surface area contributed by atoms with E-state index in [1.807, 2.05) is 0 Å². The first kappa shape index (κ1) is 10.6. The molecule has 0 fully saturated rings. The van der Waals surface area contributed by atoms with Crippen LogP contribution in [-0.4, -0.2) is 17.0 Å². The Hall–Kier alpha value is -1.36. The molecule has 1 aromatic rings. The molecule has 1 aromatic heterocycles. The van der Waals surface area contributed by atoms with E-state index in [2.05, 4.69) is 10.3 Å². The zero-order chi connectivity index (χ0) is 8.27. The number of halogens is 1. The van der Waals surface area contributed by atoms with Crippen molar-refractivity contribution in [3.05, 3.63) is 28.4 Å². The summed E-state index contributed by atoms with van der Waals surface area (Å²) in [4.78, 5) is 13.6. The SMILES string of the molecule is CNc1cc([N+](=O)[O-])ccn1.Cl. The van der Waals surface area contributed by atoms with Gasteiger partial charge in [0.2, 0.25) is 0 Å². The van der Waals surface area contributed by atoms with Gasteiger partial charge in [0, 0.05) is 19.3 Å². The molecule has 5 nitrogen and oxygen atoms in total. The van der Waals surface area contributed by atoms with Crippen LogP contribution in [-0.2, 0) is 0 Å². The molecule has 0 bridgehead atoms. The molecular formula is C6H8ClN3O2. The third-order valence-corrected chi connectivity index (χ3v) is 1.21. The summed E-state index contributed by atoms with van der Waals surface area (Å²) in [5.74, 6) is 0.499. The molecule has 12 heavy (non-hydrogen) atoms. The molecule has 6 heteroatoms. The van der Waals surface area contributed by atoms with Crippen molar-refractivity contribution in [1.29, 1.82) is 0 Å². The van der Waals surface area contributed by atoms with Crippen molar-refractivity contribution < 1.29 is 4.92 Å². The predicted octanol–water partition coefficient (Wildman–Crippen LogP) is 1.45. The number of nitrogens with zero attached hydrogens (tertiary/aromatic N) is 2. The molecule has 0 aromatic carbocycles. The van der Waals surface area contributed by atoms with Crippen molar-refractivity contribution in [2.45, 2.75) is 0 Å². The smallest absolute Gasteiger partial charge is 0.274 e. The quantitative estimate of drug-likeness (QED) is 0.565. The first-order valence-corrected chi connectivity index (χ1v) is 3.02. The van der Waals surface area contributed by atoms with Gasteiger partial charge in [0.15, 0.2) is 0 Å². The summed E-state index contributed by atoms with van der Waals surface area (Å²) < 4.78 is 0. The molecule has 1 rings (SSSR count). The fourth-order valence-corrected chi connectivity index (χ4v) is 0.670. The molecule has 1 heterocycles. The highest BCUT2D eigenvalue weighted by Crippen LogP contribution is 2.12. The average Bonchev–Trinajstić information content (AvgIpc) is 2.05. The second kappa shape index (κ2) is 4.50.